The Bertz CT molecular complexity index is 527. The minimum absolute atomic E-state index is 0.0965. The molecule has 2 N–H and O–H groups in total. The average Bonchev–Trinajstić information content (AvgIpc) is 2.45. The molecule has 0 aromatic heterocycles. The van der Waals surface area contributed by atoms with Crippen LogP contribution in [0.4, 0.5) is 4.79 Å². The number of hydrogen-bond acceptors (Lipinski definition) is 4. The van der Waals surface area contributed by atoms with Crippen molar-refractivity contribution in [3.05, 3.63) is 29.8 Å². The standard InChI is InChI=1S/C16H24BNO4/c1-16(2,3)22-15(19)18-10-6-7-12(11-18)13-8-4-5-9-14(13)17(20)21/h4-5,8-9,12,20-21H,6-7,10-11H2,1-3H3. The number of ether oxygens (including phenoxy) is 1. The van der Waals surface area contributed by atoms with Crippen molar-refractivity contribution >= 4 is 18.7 Å². The van der Waals surface area contributed by atoms with Crippen LogP contribution < -0.4 is 5.46 Å². The molecule has 5 nitrogen and oxygen atoms in total. The van der Waals surface area contributed by atoms with Crippen LogP contribution in [-0.2, 0) is 4.74 Å². The first-order valence-electron chi connectivity index (χ1n) is 7.71. The molecular formula is C16H24BNO4. The molecule has 1 aliphatic rings. The summed E-state index contributed by atoms with van der Waals surface area (Å²) in [5, 5.41) is 19.0. The zero-order valence-electron chi connectivity index (χ0n) is 13.5. The largest absolute Gasteiger partial charge is 0.488 e. The minimum atomic E-state index is -1.49. The Kier molecular flexibility index (Phi) is 5.14. The number of likely N-dealkylation sites (tertiary alicyclic amines) is 1. The first kappa shape index (κ1) is 16.8. The van der Waals surface area contributed by atoms with E-state index in [-0.39, 0.29) is 12.0 Å². The molecule has 0 radical (unpaired) electrons. The van der Waals surface area contributed by atoms with E-state index < -0.39 is 12.7 Å². The summed E-state index contributed by atoms with van der Waals surface area (Å²) in [6.45, 7) is 6.77. The molecule has 0 bridgehead atoms. The van der Waals surface area contributed by atoms with Crippen LogP contribution in [0.3, 0.4) is 0 Å². The third kappa shape index (κ3) is 4.24. The molecule has 2 rings (SSSR count). The van der Waals surface area contributed by atoms with Gasteiger partial charge in [-0.3, -0.25) is 0 Å². The van der Waals surface area contributed by atoms with Gasteiger partial charge in [0.25, 0.3) is 0 Å². The van der Waals surface area contributed by atoms with E-state index in [1.165, 1.54) is 0 Å². The number of benzene rings is 1. The predicted molar refractivity (Wildman–Crippen MR) is 86.0 cm³/mol. The van der Waals surface area contributed by atoms with Gasteiger partial charge in [-0.25, -0.2) is 4.79 Å². The van der Waals surface area contributed by atoms with Crippen LogP contribution in [0.15, 0.2) is 24.3 Å². The molecule has 1 heterocycles. The van der Waals surface area contributed by atoms with Gasteiger partial charge in [0, 0.05) is 19.0 Å². The molecule has 1 saturated heterocycles. The Morgan fingerprint density at radius 1 is 1.32 bits per heavy atom. The number of amides is 1. The van der Waals surface area contributed by atoms with Gasteiger partial charge < -0.3 is 19.7 Å². The second-order valence-corrected chi connectivity index (χ2v) is 6.77. The van der Waals surface area contributed by atoms with Crippen LogP contribution in [0.1, 0.15) is 45.1 Å². The summed E-state index contributed by atoms with van der Waals surface area (Å²) < 4.78 is 5.43. The first-order chi connectivity index (χ1) is 10.3. The van der Waals surface area contributed by atoms with Crippen LogP contribution in [0, 0.1) is 0 Å². The van der Waals surface area contributed by atoms with Gasteiger partial charge in [-0.05, 0) is 44.6 Å². The number of hydrogen-bond donors (Lipinski definition) is 2. The Hall–Kier alpha value is -1.53. The smallest absolute Gasteiger partial charge is 0.444 e. The van der Waals surface area contributed by atoms with Gasteiger partial charge >= 0.3 is 13.2 Å². The lowest BCUT2D eigenvalue weighted by Crippen LogP contribution is -2.44. The van der Waals surface area contributed by atoms with Crippen LogP contribution >= 0.6 is 0 Å². The fraction of sp³-hybridized carbons (Fsp3) is 0.562. The molecule has 120 valence electrons. The molecule has 1 atom stereocenters. The van der Waals surface area contributed by atoms with E-state index in [0.29, 0.717) is 18.6 Å². The van der Waals surface area contributed by atoms with Crippen LogP contribution in [0.25, 0.3) is 0 Å². The topological polar surface area (TPSA) is 70.0 Å². The fourth-order valence-electron chi connectivity index (χ4n) is 2.84. The monoisotopic (exact) mass is 305 g/mol. The van der Waals surface area contributed by atoms with Crippen molar-refractivity contribution in [2.24, 2.45) is 0 Å². The maximum atomic E-state index is 12.2. The number of carbonyl (C=O) groups is 1. The van der Waals surface area contributed by atoms with E-state index in [4.69, 9.17) is 4.74 Å². The minimum Gasteiger partial charge on any atom is -0.444 e. The number of carbonyl (C=O) groups excluding carboxylic acids is 1. The highest BCUT2D eigenvalue weighted by Gasteiger charge is 2.30. The second-order valence-electron chi connectivity index (χ2n) is 6.77. The zero-order chi connectivity index (χ0) is 16.3. The maximum Gasteiger partial charge on any atom is 0.488 e. The molecule has 0 spiro atoms. The first-order valence-corrected chi connectivity index (χ1v) is 7.71. The molecule has 0 aliphatic carbocycles. The lowest BCUT2D eigenvalue weighted by atomic mass is 9.72. The van der Waals surface area contributed by atoms with Gasteiger partial charge in [-0.15, -0.1) is 0 Å². The maximum absolute atomic E-state index is 12.2. The van der Waals surface area contributed by atoms with Gasteiger partial charge in [-0.1, -0.05) is 24.3 Å². The van der Waals surface area contributed by atoms with Gasteiger partial charge in [0.05, 0.1) is 0 Å². The summed E-state index contributed by atoms with van der Waals surface area (Å²) in [6.07, 6.45) is 1.49. The van der Waals surface area contributed by atoms with Crippen molar-refractivity contribution in [3.8, 4) is 0 Å². The highest BCUT2D eigenvalue weighted by atomic mass is 16.6. The molecule has 22 heavy (non-hydrogen) atoms. The summed E-state index contributed by atoms with van der Waals surface area (Å²) in [5.74, 6) is 0.0965. The molecular weight excluding hydrogens is 281 g/mol. The van der Waals surface area contributed by atoms with Crippen molar-refractivity contribution in [2.45, 2.75) is 45.1 Å². The zero-order valence-corrected chi connectivity index (χ0v) is 13.5. The summed E-state index contributed by atoms with van der Waals surface area (Å²) in [4.78, 5) is 13.9. The number of piperidine rings is 1. The number of nitrogens with zero attached hydrogens (tertiary/aromatic N) is 1. The van der Waals surface area contributed by atoms with E-state index in [9.17, 15) is 14.8 Å². The van der Waals surface area contributed by atoms with Crippen LogP contribution in [0.2, 0.25) is 0 Å². The van der Waals surface area contributed by atoms with E-state index in [2.05, 4.69) is 0 Å². The summed E-state index contributed by atoms with van der Waals surface area (Å²) in [5.41, 5.74) is 0.896. The SMILES string of the molecule is CC(C)(C)OC(=O)N1CCCC(c2ccccc2B(O)O)C1. The van der Waals surface area contributed by atoms with Gasteiger partial charge in [-0.2, -0.15) is 0 Å². The van der Waals surface area contributed by atoms with Gasteiger partial charge in [0.15, 0.2) is 0 Å². The number of rotatable bonds is 2. The lowest BCUT2D eigenvalue weighted by Gasteiger charge is -2.35. The van der Waals surface area contributed by atoms with Gasteiger partial charge in [0.2, 0.25) is 0 Å². The Morgan fingerprint density at radius 3 is 2.64 bits per heavy atom. The molecule has 6 heteroatoms. The van der Waals surface area contributed by atoms with E-state index in [0.717, 1.165) is 18.4 Å². The van der Waals surface area contributed by atoms with Crippen molar-refractivity contribution < 1.29 is 19.6 Å². The summed E-state index contributed by atoms with van der Waals surface area (Å²) in [7, 11) is -1.49. The van der Waals surface area contributed by atoms with Crippen molar-refractivity contribution in [3.63, 3.8) is 0 Å². The molecule has 1 unspecified atom stereocenters. The second kappa shape index (κ2) is 6.71. The Labute approximate surface area is 132 Å². The fourth-order valence-corrected chi connectivity index (χ4v) is 2.84. The lowest BCUT2D eigenvalue weighted by molar-refractivity contribution is 0.0198. The third-order valence-electron chi connectivity index (χ3n) is 3.79. The molecule has 0 saturated carbocycles. The van der Waals surface area contributed by atoms with E-state index >= 15 is 0 Å². The summed E-state index contributed by atoms with van der Waals surface area (Å²) in [6, 6.07) is 7.28. The molecule has 1 aromatic rings. The average molecular weight is 305 g/mol. The molecule has 1 aliphatic heterocycles. The van der Waals surface area contributed by atoms with Crippen molar-refractivity contribution in [1.29, 1.82) is 0 Å². The van der Waals surface area contributed by atoms with Crippen LogP contribution in [0.5, 0.6) is 0 Å². The van der Waals surface area contributed by atoms with Crippen molar-refractivity contribution in [2.75, 3.05) is 13.1 Å². The van der Waals surface area contributed by atoms with Crippen molar-refractivity contribution in [1.82, 2.24) is 4.90 Å². The highest BCUT2D eigenvalue weighted by Crippen LogP contribution is 2.27. The third-order valence-corrected chi connectivity index (χ3v) is 3.79. The Balaban J connectivity index is 2.13. The van der Waals surface area contributed by atoms with Gasteiger partial charge in [0.1, 0.15) is 5.60 Å². The quantitative estimate of drug-likeness (QED) is 0.812. The van der Waals surface area contributed by atoms with E-state index in [1.807, 2.05) is 32.9 Å². The molecule has 1 aromatic carbocycles. The van der Waals surface area contributed by atoms with Crippen LogP contribution in [-0.4, -0.2) is 46.9 Å². The molecule has 1 amide bonds. The predicted octanol–water partition coefficient (Wildman–Crippen LogP) is 1.48. The normalized spacial score (nSPS) is 19.0. The Morgan fingerprint density at radius 2 is 2.00 bits per heavy atom. The highest BCUT2D eigenvalue weighted by molar-refractivity contribution is 6.59. The molecule has 1 fully saturated rings. The summed E-state index contributed by atoms with van der Waals surface area (Å²) >= 11 is 0. The van der Waals surface area contributed by atoms with E-state index in [1.54, 1.807) is 17.0 Å².